The van der Waals surface area contributed by atoms with E-state index in [-0.39, 0.29) is 11.5 Å². The average molecular weight is 281 g/mol. The largest absolute Gasteiger partial charge is 0.454 e. The van der Waals surface area contributed by atoms with Crippen molar-refractivity contribution >= 4 is 31.5 Å². The molecule has 16 heavy (non-hydrogen) atoms. The van der Waals surface area contributed by atoms with Gasteiger partial charge in [-0.3, -0.25) is 4.79 Å². The maximum atomic E-state index is 11.3. The first kappa shape index (κ1) is 9.53. The second kappa shape index (κ2) is 3.41. The number of benzene rings is 1. The Kier molecular flexibility index (Phi) is 2.03. The van der Waals surface area contributed by atoms with Crippen LogP contribution in [0.2, 0.25) is 0 Å². The molecule has 5 nitrogen and oxygen atoms in total. The number of hydrogen-bond acceptors (Lipinski definition) is 5. The molecule has 0 saturated carbocycles. The SMILES string of the molecule is O=C(Br)c1cnnc2cc3c(cc12)OCO3. The zero-order chi connectivity index (χ0) is 11.1. The molecule has 0 bridgehead atoms. The maximum absolute atomic E-state index is 11.3. The van der Waals surface area contributed by atoms with Gasteiger partial charge in [-0.15, -0.1) is 0 Å². The summed E-state index contributed by atoms with van der Waals surface area (Å²) in [6.07, 6.45) is 1.42. The zero-order valence-corrected chi connectivity index (χ0v) is 9.52. The first-order valence-electron chi connectivity index (χ1n) is 4.50. The van der Waals surface area contributed by atoms with Gasteiger partial charge in [0.2, 0.25) is 11.5 Å². The Bertz CT molecular complexity index is 600. The Morgan fingerprint density at radius 3 is 2.81 bits per heavy atom. The van der Waals surface area contributed by atoms with Crippen molar-refractivity contribution < 1.29 is 14.3 Å². The van der Waals surface area contributed by atoms with Gasteiger partial charge in [-0.25, -0.2) is 0 Å². The number of rotatable bonds is 1. The van der Waals surface area contributed by atoms with Crippen LogP contribution in [0.1, 0.15) is 10.4 Å². The molecular formula is C10H5BrN2O3. The standard InChI is InChI=1S/C10H5BrN2O3/c11-10(14)6-3-12-13-7-2-9-8(1-5(6)7)15-4-16-9/h1-3H,4H2. The number of ether oxygens (including phenoxy) is 2. The molecule has 1 aliphatic rings. The van der Waals surface area contributed by atoms with E-state index in [1.165, 1.54) is 6.20 Å². The summed E-state index contributed by atoms with van der Waals surface area (Å²) in [6, 6.07) is 3.45. The van der Waals surface area contributed by atoms with Gasteiger partial charge in [-0.2, -0.15) is 10.2 Å². The summed E-state index contributed by atoms with van der Waals surface area (Å²) in [5.41, 5.74) is 1.07. The lowest BCUT2D eigenvalue weighted by Crippen LogP contribution is -1.94. The van der Waals surface area contributed by atoms with Crippen LogP contribution in [-0.2, 0) is 0 Å². The van der Waals surface area contributed by atoms with Gasteiger partial charge < -0.3 is 9.47 Å². The normalized spacial score (nSPS) is 13.1. The van der Waals surface area contributed by atoms with Gasteiger partial charge in [0.1, 0.15) is 0 Å². The van der Waals surface area contributed by atoms with Gasteiger partial charge in [0.25, 0.3) is 0 Å². The molecule has 1 aromatic carbocycles. The molecule has 2 heterocycles. The molecule has 0 saturated heterocycles. The zero-order valence-electron chi connectivity index (χ0n) is 7.94. The molecule has 0 N–H and O–H groups in total. The van der Waals surface area contributed by atoms with Crippen LogP contribution in [-0.4, -0.2) is 21.7 Å². The van der Waals surface area contributed by atoms with E-state index < -0.39 is 0 Å². The van der Waals surface area contributed by atoms with Crippen molar-refractivity contribution in [2.45, 2.75) is 0 Å². The maximum Gasteiger partial charge on any atom is 0.231 e. The molecule has 1 aromatic heterocycles. The minimum atomic E-state index is -0.230. The first-order chi connectivity index (χ1) is 7.75. The molecule has 0 amide bonds. The fourth-order valence-corrected chi connectivity index (χ4v) is 1.92. The summed E-state index contributed by atoms with van der Waals surface area (Å²) < 4.78 is 10.2. The Morgan fingerprint density at radius 1 is 1.31 bits per heavy atom. The fraction of sp³-hybridized carbons (Fsp3) is 0.100. The summed E-state index contributed by atoms with van der Waals surface area (Å²) in [4.78, 5) is 11.3. The Hall–Kier alpha value is -1.69. The summed E-state index contributed by atoms with van der Waals surface area (Å²) >= 11 is 2.91. The highest BCUT2D eigenvalue weighted by Gasteiger charge is 2.17. The summed E-state index contributed by atoms with van der Waals surface area (Å²) in [5, 5.41) is 8.40. The van der Waals surface area contributed by atoms with E-state index in [2.05, 4.69) is 26.1 Å². The number of carbonyl (C=O) groups is 1. The third kappa shape index (κ3) is 1.34. The van der Waals surface area contributed by atoms with Crippen LogP contribution in [0.3, 0.4) is 0 Å². The van der Waals surface area contributed by atoms with Crippen LogP contribution in [0.5, 0.6) is 11.5 Å². The molecule has 1 aliphatic heterocycles. The number of aromatic nitrogens is 2. The lowest BCUT2D eigenvalue weighted by atomic mass is 10.1. The smallest absolute Gasteiger partial charge is 0.231 e. The van der Waals surface area contributed by atoms with Crippen molar-refractivity contribution in [2.24, 2.45) is 0 Å². The molecule has 0 radical (unpaired) electrons. The van der Waals surface area contributed by atoms with Gasteiger partial charge in [-0.05, 0) is 22.0 Å². The summed E-state index contributed by atoms with van der Waals surface area (Å²) in [5.74, 6) is 1.25. The fourth-order valence-electron chi connectivity index (χ4n) is 1.60. The Morgan fingerprint density at radius 2 is 2.06 bits per heavy atom. The van der Waals surface area contributed by atoms with E-state index in [4.69, 9.17) is 9.47 Å². The third-order valence-electron chi connectivity index (χ3n) is 2.35. The Labute approximate surface area is 98.5 Å². The van der Waals surface area contributed by atoms with E-state index in [1.54, 1.807) is 12.1 Å². The minimum absolute atomic E-state index is 0.191. The highest BCUT2D eigenvalue weighted by Crippen LogP contribution is 2.36. The topological polar surface area (TPSA) is 61.3 Å². The molecule has 2 aromatic rings. The molecular weight excluding hydrogens is 276 g/mol. The van der Waals surface area contributed by atoms with Crippen LogP contribution in [0, 0.1) is 0 Å². The average Bonchev–Trinajstić information content (AvgIpc) is 2.71. The van der Waals surface area contributed by atoms with Crippen molar-refractivity contribution in [1.29, 1.82) is 0 Å². The molecule has 0 unspecified atom stereocenters. The monoisotopic (exact) mass is 280 g/mol. The predicted octanol–water partition coefficient (Wildman–Crippen LogP) is 1.89. The Balaban J connectivity index is 2.35. The lowest BCUT2D eigenvalue weighted by Gasteiger charge is -2.02. The van der Waals surface area contributed by atoms with Gasteiger partial charge in [0.15, 0.2) is 11.5 Å². The molecule has 80 valence electrons. The van der Waals surface area contributed by atoms with Gasteiger partial charge >= 0.3 is 0 Å². The van der Waals surface area contributed by atoms with Crippen molar-refractivity contribution in [1.82, 2.24) is 10.2 Å². The van der Waals surface area contributed by atoms with E-state index in [0.717, 1.165) is 0 Å². The van der Waals surface area contributed by atoms with E-state index in [1.807, 2.05) is 0 Å². The van der Waals surface area contributed by atoms with Crippen molar-refractivity contribution in [3.63, 3.8) is 0 Å². The number of fused-ring (bicyclic) bond motifs is 2. The highest BCUT2D eigenvalue weighted by molar-refractivity contribution is 9.18. The molecule has 0 aliphatic carbocycles. The molecule has 6 heteroatoms. The minimum Gasteiger partial charge on any atom is -0.454 e. The van der Waals surface area contributed by atoms with Crippen LogP contribution in [0.15, 0.2) is 18.3 Å². The third-order valence-corrected chi connectivity index (χ3v) is 2.77. The van der Waals surface area contributed by atoms with Crippen LogP contribution < -0.4 is 9.47 Å². The molecule has 3 rings (SSSR count). The van der Waals surface area contributed by atoms with Crippen LogP contribution >= 0.6 is 15.9 Å². The summed E-state index contributed by atoms with van der Waals surface area (Å²) in [6.45, 7) is 0.191. The predicted molar refractivity (Wildman–Crippen MR) is 58.9 cm³/mol. The molecule has 0 fully saturated rings. The number of nitrogens with zero attached hydrogens (tertiary/aromatic N) is 2. The van der Waals surface area contributed by atoms with Crippen molar-refractivity contribution in [2.75, 3.05) is 6.79 Å². The number of hydrogen-bond donors (Lipinski definition) is 0. The van der Waals surface area contributed by atoms with E-state index >= 15 is 0 Å². The van der Waals surface area contributed by atoms with Gasteiger partial charge in [0.05, 0.1) is 17.3 Å². The van der Waals surface area contributed by atoms with Gasteiger partial charge in [-0.1, -0.05) is 0 Å². The highest BCUT2D eigenvalue weighted by atomic mass is 79.9. The van der Waals surface area contributed by atoms with E-state index in [9.17, 15) is 4.79 Å². The number of halogens is 1. The van der Waals surface area contributed by atoms with Crippen LogP contribution in [0.4, 0.5) is 0 Å². The quantitative estimate of drug-likeness (QED) is 0.747. The second-order valence-electron chi connectivity index (χ2n) is 3.25. The van der Waals surface area contributed by atoms with Crippen molar-refractivity contribution in [3.8, 4) is 11.5 Å². The van der Waals surface area contributed by atoms with Crippen molar-refractivity contribution in [3.05, 3.63) is 23.9 Å². The lowest BCUT2D eigenvalue weighted by molar-refractivity contribution is 0.109. The first-order valence-corrected chi connectivity index (χ1v) is 5.30. The van der Waals surface area contributed by atoms with Crippen LogP contribution in [0.25, 0.3) is 10.9 Å². The second-order valence-corrected chi connectivity index (χ2v) is 3.97. The van der Waals surface area contributed by atoms with Gasteiger partial charge in [0, 0.05) is 11.5 Å². The summed E-state index contributed by atoms with van der Waals surface area (Å²) in [7, 11) is 0. The number of carbonyl (C=O) groups excluding carboxylic acids is 1. The molecule has 0 atom stereocenters. The van der Waals surface area contributed by atoms with E-state index in [0.29, 0.717) is 28.0 Å². The molecule has 0 spiro atoms.